The number of hydrogen-bond donors (Lipinski definition) is 0. The van der Waals surface area contributed by atoms with E-state index in [1.54, 1.807) is 12.3 Å². The molecule has 28 heavy (non-hydrogen) atoms. The molecule has 1 aromatic carbocycles. The third-order valence-electron chi connectivity index (χ3n) is 4.97. The Kier molecular flexibility index (Phi) is 5.28. The zero-order valence-electron chi connectivity index (χ0n) is 15.8. The predicted octanol–water partition coefficient (Wildman–Crippen LogP) is 3.86. The lowest BCUT2D eigenvalue weighted by Gasteiger charge is -2.29. The second-order valence-corrected chi connectivity index (χ2v) is 6.98. The second kappa shape index (κ2) is 8.17. The monoisotopic (exact) mass is 374 g/mol. The normalized spacial score (nSPS) is 15.2. The molecular formula is C22H22N4O2. The van der Waals surface area contributed by atoms with Gasteiger partial charge in [0.15, 0.2) is 0 Å². The fourth-order valence-electron chi connectivity index (χ4n) is 3.29. The molecular weight excluding hydrogens is 352 g/mol. The fourth-order valence-corrected chi connectivity index (χ4v) is 3.29. The number of hydrogen-bond acceptors (Lipinski definition) is 5. The summed E-state index contributed by atoms with van der Waals surface area (Å²) in [5, 5.41) is 8.38. The van der Waals surface area contributed by atoms with Crippen molar-refractivity contribution in [2.24, 2.45) is 0 Å². The number of amides is 1. The van der Waals surface area contributed by atoms with E-state index in [1.807, 2.05) is 60.4 Å². The van der Waals surface area contributed by atoms with Crippen LogP contribution in [0.25, 0.3) is 17.5 Å². The van der Waals surface area contributed by atoms with E-state index in [2.05, 4.69) is 15.2 Å². The molecule has 4 rings (SSSR count). The molecule has 142 valence electrons. The first-order chi connectivity index (χ1) is 13.7. The summed E-state index contributed by atoms with van der Waals surface area (Å²) in [6, 6.07) is 13.7. The van der Waals surface area contributed by atoms with Gasteiger partial charge in [-0.3, -0.25) is 9.78 Å². The van der Waals surface area contributed by atoms with E-state index >= 15 is 0 Å². The molecule has 0 atom stereocenters. The van der Waals surface area contributed by atoms with Crippen molar-refractivity contribution in [3.63, 3.8) is 0 Å². The van der Waals surface area contributed by atoms with Crippen LogP contribution in [0.4, 0.5) is 0 Å². The van der Waals surface area contributed by atoms with Crippen LogP contribution >= 0.6 is 0 Å². The highest BCUT2D eigenvalue weighted by atomic mass is 16.4. The van der Waals surface area contributed by atoms with Crippen molar-refractivity contribution in [3.8, 4) is 11.5 Å². The van der Waals surface area contributed by atoms with Gasteiger partial charge < -0.3 is 9.32 Å². The molecule has 3 heterocycles. The summed E-state index contributed by atoms with van der Waals surface area (Å²) < 4.78 is 5.87. The Morgan fingerprint density at radius 3 is 2.61 bits per heavy atom. The average molecular weight is 374 g/mol. The van der Waals surface area contributed by atoms with Gasteiger partial charge >= 0.3 is 0 Å². The smallest absolute Gasteiger partial charge is 0.249 e. The van der Waals surface area contributed by atoms with E-state index in [0.717, 1.165) is 29.7 Å². The van der Waals surface area contributed by atoms with Crippen LogP contribution in [0.2, 0.25) is 0 Å². The van der Waals surface area contributed by atoms with Crippen LogP contribution < -0.4 is 0 Å². The summed E-state index contributed by atoms with van der Waals surface area (Å²) in [5.41, 5.74) is 2.79. The lowest BCUT2D eigenvalue weighted by atomic mass is 9.97. The number of carbonyl (C=O) groups is 1. The highest BCUT2D eigenvalue weighted by Crippen LogP contribution is 2.29. The molecule has 1 aliphatic heterocycles. The number of nitrogens with zero attached hydrogens (tertiary/aromatic N) is 4. The SMILES string of the molecule is Cc1ccc(-c2nnc(C3CCN(C(=O)/C=C/c4ccccc4)CC3)o2)cn1. The number of benzene rings is 1. The van der Waals surface area contributed by atoms with Crippen molar-refractivity contribution in [2.75, 3.05) is 13.1 Å². The van der Waals surface area contributed by atoms with Crippen molar-refractivity contribution in [1.82, 2.24) is 20.1 Å². The summed E-state index contributed by atoms with van der Waals surface area (Å²) >= 11 is 0. The van der Waals surface area contributed by atoms with Gasteiger partial charge in [0.25, 0.3) is 0 Å². The van der Waals surface area contributed by atoms with Gasteiger partial charge in [0.1, 0.15) is 0 Å². The van der Waals surface area contributed by atoms with Crippen LogP contribution in [0.1, 0.15) is 35.9 Å². The number of aryl methyl sites for hydroxylation is 1. The molecule has 0 unspecified atom stereocenters. The quantitative estimate of drug-likeness (QED) is 0.649. The molecule has 0 N–H and O–H groups in total. The third-order valence-corrected chi connectivity index (χ3v) is 4.97. The Bertz CT molecular complexity index is 956. The van der Waals surface area contributed by atoms with E-state index in [9.17, 15) is 4.79 Å². The molecule has 0 spiro atoms. The number of carbonyl (C=O) groups excluding carboxylic acids is 1. The number of likely N-dealkylation sites (tertiary alicyclic amines) is 1. The predicted molar refractivity (Wildman–Crippen MR) is 106 cm³/mol. The maximum Gasteiger partial charge on any atom is 0.249 e. The van der Waals surface area contributed by atoms with Gasteiger partial charge in [-0.15, -0.1) is 10.2 Å². The van der Waals surface area contributed by atoms with Gasteiger partial charge in [-0.05, 0) is 43.5 Å². The molecule has 1 aliphatic rings. The highest BCUT2D eigenvalue weighted by Gasteiger charge is 2.26. The molecule has 0 saturated carbocycles. The maximum atomic E-state index is 12.4. The Morgan fingerprint density at radius 2 is 1.89 bits per heavy atom. The lowest BCUT2D eigenvalue weighted by Crippen LogP contribution is -2.36. The fraction of sp³-hybridized carbons (Fsp3) is 0.273. The molecule has 0 aliphatic carbocycles. The molecule has 0 bridgehead atoms. The van der Waals surface area contributed by atoms with Gasteiger partial charge in [-0.2, -0.15) is 0 Å². The van der Waals surface area contributed by atoms with Gasteiger partial charge in [0.2, 0.25) is 17.7 Å². The highest BCUT2D eigenvalue weighted by molar-refractivity contribution is 5.91. The van der Waals surface area contributed by atoms with E-state index < -0.39 is 0 Å². The lowest BCUT2D eigenvalue weighted by molar-refractivity contribution is -0.127. The van der Waals surface area contributed by atoms with Crippen molar-refractivity contribution in [1.29, 1.82) is 0 Å². The first-order valence-electron chi connectivity index (χ1n) is 9.47. The zero-order chi connectivity index (χ0) is 19.3. The van der Waals surface area contributed by atoms with Crippen LogP contribution in [-0.2, 0) is 4.79 Å². The molecule has 3 aromatic rings. The minimum atomic E-state index is 0.0410. The van der Waals surface area contributed by atoms with Gasteiger partial charge in [-0.1, -0.05) is 30.3 Å². The third kappa shape index (κ3) is 4.17. The maximum absolute atomic E-state index is 12.4. The number of aromatic nitrogens is 3. The van der Waals surface area contributed by atoms with Crippen LogP contribution in [0.15, 0.2) is 59.2 Å². The molecule has 6 heteroatoms. The summed E-state index contributed by atoms with van der Waals surface area (Å²) in [6.45, 7) is 3.31. The van der Waals surface area contributed by atoms with Crippen LogP contribution in [0.3, 0.4) is 0 Å². The first-order valence-corrected chi connectivity index (χ1v) is 9.47. The Balaban J connectivity index is 1.35. The largest absolute Gasteiger partial charge is 0.420 e. The topological polar surface area (TPSA) is 72.1 Å². The second-order valence-electron chi connectivity index (χ2n) is 6.98. The Labute approximate surface area is 163 Å². The van der Waals surface area contributed by atoms with E-state index in [0.29, 0.717) is 24.9 Å². The van der Waals surface area contributed by atoms with Gasteiger partial charge in [-0.25, -0.2) is 0 Å². The average Bonchev–Trinajstić information content (AvgIpc) is 3.24. The van der Waals surface area contributed by atoms with Crippen LogP contribution in [0, 0.1) is 6.92 Å². The Hall–Kier alpha value is -3.28. The number of piperidine rings is 1. The molecule has 1 amide bonds. The summed E-state index contributed by atoms with van der Waals surface area (Å²) in [7, 11) is 0. The van der Waals surface area contributed by atoms with Crippen molar-refractivity contribution in [2.45, 2.75) is 25.7 Å². The molecule has 1 fully saturated rings. The molecule has 1 saturated heterocycles. The van der Waals surface area contributed by atoms with E-state index in [-0.39, 0.29) is 11.8 Å². The van der Waals surface area contributed by atoms with Gasteiger partial charge in [0, 0.05) is 37.0 Å². The van der Waals surface area contributed by atoms with Crippen LogP contribution in [0.5, 0.6) is 0 Å². The molecule has 6 nitrogen and oxygen atoms in total. The number of rotatable bonds is 4. The van der Waals surface area contributed by atoms with Crippen molar-refractivity contribution < 1.29 is 9.21 Å². The summed E-state index contributed by atoms with van der Waals surface area (Å²) in [5.74, 6) is 1.36. The minimum absolute atomic E-state index is 0.0410. The van der Waals surface area contributed by atoms with Crippen molar-refractivity contribution >= 4 is 12.0 Å². The number of pyridine rings is 1. The van der Waals surface area contributed by atoms with Crippen molar-refractivity contribution in [3.05, 3.63) is 71.9 Å². The Morgan fingerprint density at radius 1 is 1.11 bits per heavy atom. The summed E-state index contributed by atoms with van der Waals surface area (Å²) in [4.78, 5) is 18.6. The summed E-state index contributed by atoms with van der Waals surface area (Å²) in [6.07, 6.45) is 6.88. The zero-order valence-corrected chi connectivity index (χ0v) is 15.8. The van der Waals surface area contributed by atoms with E-state index in [4.69, 9.17) is 4.42 Å². The first kappa shape index (κ1) is 18.1. The van der Waals surface area contributed by atoms with Crippen LogP contribution in [-0.4, -0.2) is 39.1 Å². The van der Waals surface area contributed by atoms with E-state index in [1.165, 1.54) is 0 Å². The minimum Gasteiger partial charge on any atom is -0.420 e. The standard InChI is InChI=1S/C22H22N4O2/c1-16-7-9-19(15-23-16)22-25-24-21(28-22)18-11-13-26(14-12-18)20(27)10-8-17-5-3-2-4-6-17/h2-10,15,18H,11-14H2,1H3/b10-8+. The molecule has 2 aromatic heterocycles. The van der Waals surface area contributed by atoms with Gasteiger partial charge in [0.05, 0.1) is 5.56 Å². The molecule has 0 radical (unpaired) electrons.